The smallest absolute Gasteiger partial charge is 0.237 e. The average Bonchev–Trinajstić information content (AvgIpc) is 3.19. The molecular formula is C13H20N6O2S. The van der Waals surface area contributed by atoms with E-state index in [1.807, 2.05) is 0 Å². The van der Waals surface area contributed by atoms with Gasteiger partial charge >= 0.3 is 0 Å². The van der Waals surface area contributed by atoms with Crippen molar-refractivity contribution in [3.05, 3.63) is 11.7 Å². The second-order valence-electron chi connectivity index (χ2n) is 5.77. The van der Waals surface area contributed by atoms with Crippen LogP contribution in [0.4, 0.5) is 0 Å². The number of thioether (sulfide) groups is 1. The molecule has 0 saturated carbocycles. The second kappa shape index (κ2) is 7.19. The van der Waals surface area contributed by atoms with Gasteiger partial charge < -0.3 is 9.26 Å². The molecule has 3 heterocycles. The van der Waals surface area contributed by atoms with Crippen LogP contribution in [0.2, 0.25) is 0 Å². The minimum Gasteiger partial charge on any atom is -0.376 e. The molecule has 0 spiro atoms. The third kappa shape index (κ3) is 4.04. The molecule has 2 aromatic heterocycles. The van der Waals surface area contributed by atoms with Crippen molar-refractivity contribution in [2.24, 2.45) is 5.92 Å². The van der Waals surface area contributed by atoms with E-state index in [4.69, 9.17) is 9.26 Å². The first kappa shape index (κ1) is 15.4. The summed E-state index contributed by atoms with van der Waals surface area (Å²) in [6.07, 6.45) is 3.20. The van der Waals surface area contributed by atoms with Gasteiger partial charge in [0.25, 0.3) is 0 Å². The number of rotatable bonds is 7. The average molecular weight is 324 g/mol. The van der Waals surface area contributed by atoms with Gasteiger partial charge in [0.15, 0.2) is 5.82 Å². The van der Waals surface area contributed by atoms with Crippen molar-refractivity contribution in [2.75, 3.05) is 6.61 Å². The van der Waals surface area contributed by atoms with E-state index in [2.05, 4.69) is 39.5 Å². The first-order valence-electron chi connectivity index (χ1n) is 7.52. The van der Waals surface area contributed by atoms with E-state index in [9.17, 15) is 0 Å². The van der Waals surface area contributed by atoms with Crippen molar-refractivity contribution in [1.29, 1.82) is 0 Å². The highest BCUT2D eigenvalue weighted by Gasteiger charge is 2.19. The van der Waals surface area contributed by atoms with Gasteiger partial charge in [-0.25, -0.2) is 4.68 Å². The summed E-state index contributed by atoms with van der Waals surface area (Å²) in [6.45, 7) is 5.78. The van der Waals surface area contributed by atoms with Crippen LogP contribution in [-0.4, -0.2) is 43.1 Å². The van der Waals surface area contributed by atoms with Crippen LogP contribution in [0.3, 0.4) is 0 Å². The summed E-state index contributed by atoms with van der Waals surface area (Å²) in [6, 6.07) is 0. The van der Waals surface area contributed by atoms with E-state index >= 15 is 0 Å². The lowest BCUT2D eigenvalue weighted by atomic mass is 10.1. The van der Waals surface area contributed by atoms with Gasteiger partial charge in [-0.15, -0.1) is 5.10 Å². The first-order valence-corrected chi connectivity index (χ1v) is 8.51. The molecule has 1 atom stereocenters. The van der Waals surface area contributed by atoms with Crippen molar-refractivity contribution in [3.63, 3.8) is 0 Å². The van der Waals surface area contributed by atoms with E-state index in [-0.39, 0.29) is 6.10 Å². The quantitative estimate of drug-likeness (QED) is 0.711. The Balaban J connectivity index is 1.55. The molecule has 3 rings (SSSR count). The minimum atomic E-state index is 0.212. The summed E-state index contributed by atoms with van der Waals surface area (Å²) < 4.78 is 12.7. The molecule has 1 saturated heterocycles. The minimum absolute atomic E-state index is 0.212. The Labute approximate surface area is 133 Å². The van der Waals surface area contributed by atoms with Gasteiger partial charge in [-0.2, -0.15) is 4.98 Å². The van der Waals surface area contributed by atoms with Crippen LogP contribution in [0.1, 0.15) is 38.4 Å². The topological polar surface area (TPSA) is 91.8 Å². The Morgan fingerprint density at radius 1 is 1.41 bits per heavy atom. The normalized spacial score (nSPS) is 18.4. The molecule has 120 valence electrons. The standard InChI is InChI=1S/C13H20N6O2S/c1-9(2)6-11-14-12(21-16-11)8-22-13-15-17-18-19(13)7-10-4-3-5-20-10/h9-10H,3-8H2,1-2H3. The largest absolute Gasteiger partial charge is 0.376 e. The van der Waals surface area contributed by atoms with E-state index < -0.39 is 0 Å². The molecular weight excluding hydrogens is 304 g/mol. The van der Waals surface area contributed by atoms with Gasteiger partial charge in [0.05, 0.1) is 18.4 Å². The first-order chi connectivity index (χ1) is 10.7. The second-order valence-corrected chi connectivity index (χ2v) is 6.71. The Hall–Kier alpha value is -1.48. The number of hydrogen-bond donors (Lipinski definition) is 0. The van der Waals surface area contributed by atoms with Gasteiger partial charge in [-0.05, 0) is 29.2 Å². The highest BCUT2D eigenvalue weighted by molar-refractivity contribution is 7.98. The maximum absolute atomic E-state index is 5.62. The Bertz CT molecular complexity index is 593. The van der Waals surface area contributed by atoms with E-state index in [0.29, 0.717) is 24.1 Å². The fourth-order valence-electron chi connectivity index (χ4n) is 2.32. The molecule has 8 nitrogen and oxygen atoms in total. The Morgan fingerprint density at radius 2 is 2.32 bits per heavy atom. The predicted octanol–water partition coefficient (Wildman–Crippen LogP) is 1.73. The molecule has 9 heteroatoms. The predicted molar refractivity (Wildman–Crippen MR) is 79.2 cm³/mol. The van der Waals surface area contributed by atoms with Gasteiger partial charge in [-0.1, -0.05) is 30.8 Å². The summed E-state index contributed by atoms with van der Waals surface area (Å²) in [5.74, 6) is 2.44. The SMILES string of the molecule is CC(C)Cc1noc(CSc2nnnn2CC2CCCO2)n1. The number of tetrazole rings is 1. The van der Waals surface area contributed by atoms with Crippen LogP contribution < -0.4 is 0 Å². The lowest BCUT2D eigenvalue weighted by Crippen LogP contribution is -2.16. The summed E-state index contributed by atoms with van der Waals surface area (Å²) in [5.41, 5.74) is 0. The van der Waals surface area contributed by atoms with Crippen molar-refractivity contribution >= 4 is 11.8 Å². The molecule has 1 unspecified atom stereocenters. The van der Waals surface area contributed by atoms with Crippen LogP contribution in [0.5, 0.6) is 0 Å². The summed E-state index contributed by atoms with van der Waals surface area (Å²) in [5, 5.41) is 16.5. The number of hydrogen-bond acceptors (Lipinski definition) is 8. The molecule has 0 aliphatic carbocycles. The third-order valence-corrected chi connectivity index (χ3v) is 4.27. The van der Waals surface area contributed by atoms with Crippen molar-refractivity contribution in [3.8, 4) is 0 Å². The van der Waals surface area contributed by atoms with E-state index in [1.165, 1.54) is 11.8 Å². The number of nitrogens with zero attached hydrogens (tertiary/aromatic N) is 6. The van der Waals surface area contributed by atoms with E-state index in [1.54, 1.807) is 4.68 Å². The molecule has 0 N–H and O–H groups in total. The lowest BCUT2D eigenvalue weighted by Gasteiger charge is -2.09. The van der Waals surface area contributed by atoms with Crippen LogP contribution in [0, 0.1) is 5.92 Å². The summed E-state index contributed by atoms with van der Waals surface area (Å²) in [7, 11) is 0. The van der Waals surface area contributed by atoms with Crippen LogP contribution in [0.25, 0.3) is 0 Å². The van der Waals surface area contributed by atoms with Crippen molar-refractivity contribution in [2.45, 2.75) is 56.7 Å². The van der Waals surface area contributed by atoms with Gasteiger partial charge in [0.1, 0.15) is 0 Å². The monoisotopic (exact) mass is 324 g/mol. The fourth-order valence-corrected chi connectivity index (χ4v) is 3.04. The third-order valence-electron chi connectivity index (χ3n) is 3.33. The molecule has 22 heavy (non-hydrogen) atoms. The number of ether oxygens (including phenoxy) is 1. The maximum Gasteiger partial charge on any atom is 0.237 e. The zero-order chi connectivity index (χ0) is 15.4. The van der Waals surface area contributed by atoms with Gasteiger partial charge in [0.2, 0.25) is 11.0 Å². The van der Waals surface area contributed by atoms with Crippen LogP contribution >= 0.6 is 11.8 Å². The number of aromatic nitrogens is 6. The van der Waals surface area contributed by atoms with Crippen molar-refractivity contribution in [1.82, 2.24) is 30.3 Å². The summed E-state index contributed by atoms with van der Waals surface area (Å²) >= 11 is 1.50. The molecule has 1 aliphatic rings. The highest BCUT2D eigenvalue weighted by atomic mass is 32.2. The molecule has 1 aliphatic heterocycles. The lowest BCUT2D eigenvalue weighted by molar-refractivity contribution is 0.0912. The zero-order valence-electron chi connectivity index (χ0n) is 12.8. The molecule has 0 amide bonds. The molecule has 2 aromatic rings. The molecule has 0 radical (unpaired) electrons. The maximum atomic E-state index is 5.62. The fraction of sp³-hybridized carbons (Fsp3) is 0.769. The van der Waals surface area contributed by atoms with Gasteiger partial charge in [-0.3, -0.25) is 0 Å². The van der Waals surface area contributed by atoms with Crippen molar-refractivity contribution < 1.29 is 9.26 Å². The molecule has 1 fully saturated rings. The Kier molecular flexibility index (Phi) is 5.04. The highest BCUT2D eigenvalue weighted by Crippen LogP contribution is 2.21. The molecule has 0 bridgehead atoms. The van der Waals surface area contributed by atoms with Crippen LogP contribution in [-0.2, 0) is 23.5 Å². The van der Waals surface area contributed by atoms with E-state index in [0.717, 1.165) is 36.9 Å². The molecule has 0 aromatic carbocycles. The Morgan fingerprint density at radius 3 is 3.09 bits per heavy atom. The van der Waals surface area contributed by atoms with Crippen LogP contribution in [0.15, 0.2) is 9.68 Å². The zero-order valence-corrected chi connectivity index (χ0v) is 13.6. The van der Waals surface area contributed by atoms with Gasteiger partial charge in [0, 0.05) is 13.0 Å². The summed E-state index contributed by atoms with van der Waals surface area (Å²) in [4.78, 5) is 4.38.